The first kappa shape index (κ1) is 23.1. The van der Waals surface area contributed by atoms with Crippen molar-refractivity contribution < 1.29 is 8.42 Å². The highest BCUT2D eigenvalue weighted by Crippen LogP contribution is 2.38. The van der Waals surface area contributed by atoms with Gasteiger partial charge in [-0.3, -0.25) is 0 Å². The Morgan fingerprint density at radius 1 is 1.23 bits per heavy atom. The third kappa shape index (κ3) is 3.42. The van der Waals surface area contributed by atoms with Crippen LogP contribution in [0.3, 0.4) is 0 Å². The standard InChI is InChI=1S/C27H27N5O2S/c1-17-6-5-12-26(3,15-17)35(33,34)32-13-11-20-21(9-7-18(2)24(20)32)27(4,29)25-30-22-10-8-19(16-28)14-23(22)31-25/h5-11,13-15H,12,29H2,1-4H3,(H,30,31). The smallest absolute Gasteiger partial charge is 0.248 e. The number of H-pyrrole nitrogens is 1. The van der Waals surface area contributed by atoms with Crippen LogP contribution >= 0.6 is 0 Å². The summed E-state index contributed by atoms with van der Waals surface area (Å²) in [5.74, 6) is 0.534. The monoisotopic (exact) mass is 485 g/mol. The maximum atomic E-state index is 13.9. The van der Waals surface area contributed by atoms with Gasteiger partial charge in [-0.25, -0.2) is 17.4 Å². The predicted octanol–water partition coefficient (Wildman–Crippen LogP) is 4.76. The zero-order chi connectivity index (χ0) is 25.2. The van der Waals surface area contributed by atoms with Crippen LogP contribution in [-0.4, -0.2) is 27.1 Å². The molecule has 0 saturated carbocycles. The van der Waals surface area contributed by atoms with E-state index in [-0.39, 0.29) is 0 Å². The lowest BCUT2D eigenvalue weighted by atomic mass is 9.89. The van der Waals surface area contributed by atoms with Crippen LogP contribution in [0.15, 0.2) is 66.4 Å². The summed E-state index contributed by atoms with van der Waals surface area (Å²) in [6.07, 6.45) is 7.71. The molecule has 1 aliphatic carbocycles. The summed E-state index contributed by atoms with van der Waals surface area (Å²) < 4.78 is 28.1. The molecule has 35 heavy (non-hydrogen) atoms. The lowest BCUT2D eigenvalue weighted by Gasteiger charge is -2.29. The second-order valence-corrected chi connectivity index (χ2v) is 12.0. The molecule has 0 saturated heterocycles. The van der Waals surface area contributed by atoms with Crippen LogP contribution in [0.2, 0.25) is 0 Å². The van der Waals surface area contributed by atoms with Crippen molar-refractivity contribution in [2.24, 2.45) is 5.73 Å². The van der Waals surface area contributed by atoms with Gasteiger partial charge in [-0.1, -0.05) is 35.9 Å². The molecule has 3 N–H and O–H groups in total. The second kappa shape index (κ2) is 7.67. The third-order valence-corrected chi connectivity index (χ3v) is 9.25. The van der Waals surface area contributed by atoms with Gasteiger partial charge in [0.15, 0.2) is 0 Å². The lowest BCUT2D eigenvalue weighted by Crippen LogP contribution is -2.38. The van der Waals surface area contributed by atoms with Gasteiger partial charge in [0, 0.05) is 11.6 Å². The molecule has 2 heterocycles. The topological polar surface area (TPSA) is 118 Å². The van der Waals surface area contributed by atoms with Gasteiger partial charge in [0.2, 0.25) is 10.0 Å². The normalized spacial score (nSPS) is 20.1. The van der Waals surface area contributed by atoms with Crippen LogP contribution in [-0.2, 0) is 15.6 Å². The van der Waals surface area contributed by atoms with E-state index in [2.05, 4.69) is 16.0 Å². The average Bonchev–Trinajstić information content (AvgIpc) is 3.44. The van der Waals surface area contributed by atoms with Gasteiger partial charge in [-0.05, 0) is 69.5 Å². The van der Waals surface area contributed by atoms with Crippen molar-refractivity contribution >= 4 is 32.0 Å². The van der Waals surface area contributed by atoms with Crippen molar-refractivity contribution in [3.63, 3.8) is 0 Å². The molecule has 2 unspecified atom stereocenters. The highest BCUT2D eigenvalue weighted by molar-refractivity contribution is 7.91. The minimum Gasteiger partial charge on any atom is -0.340 e. The number of nitrogens with zero attached hydrogens (tertiary/aromatic N) is 3. The first-order valence-corrected chi connectivity index (χ1v) is 12.8. The number of benzene rings is 2. The van der Waals surface area contributed by atoms with Crippen molar-refractivity contribution in [1.29, 1.82) is 5.26 Å². The number of hydrogen-bond acceptors (Lipinski definition) is 5. The van der Waals surface area contributed by atoms with E-state index in [0.717, 1.165) is 27.6 Å². The molecule has 8 heteroatoms. The number of hydrogen-bond donors (Lipinski definition) is 2. The highest BCUT2D eigenvalue weighted by atomic mass is 32.2. The summed E-state index contributed by atoms with van der Waals surface area (Å²) in [5, 5.41) is 9.97. The van der Waals surface area contributed by atoms with Crippen LogP contribution in [0, 0.1) is 18.3 Å². The van der Waals surface area contributed by atoms with E-state index in [9.17, 15) is 13.7 Å². The Morgan fingerprint density at radius 2 is 2.00 bits per heavy atom. The van der Waals surface area contributed by atoms with Crippen LogP contribution < -0.4 is 5.73 Å². The molecule has 4 aromatic rings. The molecule has 1 aliphatic rings. The third-order valence-electron chi connectivity index (χ3n) is 6.96. The van der Waals surface area contributed by atoms with E-state index in [4.69, 9.17) is 5.73 Å². The number of nitriles is 1. The number of aromatic nitrogens is 3. The van der Waals surface area contributed by atoms with Crippen molar-refractivity contribution in [3.8, 4) is 6.07 Å². The van der Waals surface area contributed by atoms with Crippen LogP contribution in [0.25, 0.3) is 21.9 Å². The Kier molecular flexibility index (Phi) is 5.06. The number of aryl methyl sites for hydroxylation is 1. The molecule has 178 valence electrons. The van der Waals surface area contributed by atoms with E-state index in [0.29, 0.717) is 28.8 Å². The molecular formula is C27H27N5O2S. The summed E-state index contributed by atoms with van der Waals surface area (Å²) in [5.41, 5.74) is 10.9. The number of allylic oxidation sites excluding steroid dienone is 3. The second-order valence-electron chi connectivity index (χ2n) is 9.75. The van der Waals surface area contributed by atoms with Crippen LogP contribution in [0.5, 0.6) is 0 Å². The van der Waals surface area contributed by atoms with Crippen molar-refractivity contribution in [1.82, 2.24) is 13.9 Å². The van der Waals surface area contributed by atoms with E-state index in [1.54, 1.807) is 31.3 Å². The number of fused-ring (bicyclic) bond motifs is 2. The molecule has 2 atom stereocenters. The molecule has 7 nitrogen and oxygen atoms in total. The maximum absolute atomic E-state index is 13.9. The Bertz CT molecular complexity index is 1710. The van der Waals surface area contributed by atoms with Crippen LogP contribution in [0.1, 0.15) is 49.7 Å². The molecule has 0 amide bonds. The minimum atomic E-state index is -3.76. The zero-order valence-corrected chi connectivity index (χ0v) is 20.9. The SMILES string of the molecule is CC1=CC(C)(S(=O)(=O)n2ccc3c(C(C)(N)c4nc5ccc(C#N)cc5[nH]4)ccc(C)c32)CC=C1. The van der Waals surface area contributed by atoms with E-state index in [1.165, 1.54) is 3.97 Å². The minimum absolute atomic E-state index is 0.406. The Balaban J connectivity index is 1.68. The Morgan fingerprint density at radius 3 is 2.71 bits per heavy atom. The Labute approximate surface area is 204 Å². The molecular weight excluding hydrogens is 458 g/mol. The van der Waals surface area contributed by atoms with Crippen molar-refractivity contribution in [2.45, 2.75) is 44.4 Å². The molecule has 0 aliphatic heterocycles. The number of rotatable bonds is 4. The zero-order valence-electron chi connectivity index (χ0n) is 20.1. The number of aromatic amines is 1. The number of nitrogens with one attached hydrogen (secondary N) is 1. The fraction of sp³-hybridized carbons (Fsp3) is 0.259. The quantitative estimate of drug-likeness (QED) is 0.432. The first-order chi connectivity index (χ1) is 16.5. The first-order valence-electron chi connectivity index (χ1n) is 11.4. The van der Waals surface area contributed by atoms with E-state index < -0.39 is 20.3 Å². The predicted molar refractivity (Wildman–Crippen MR) is 138 cm³/mol. The summed E-state index contributed by atoms with van der Waals surface area (Å²) in [4.78, 5) is 7.94. The van der Waals surface area contributed by atoms with Crippen molar-refractivity contribution in [3.05, 3.63) is 88.9 Å². The molecule has 0 radical (unpaired) electrons. The molecule has 0 fully saturated rings. The largest absolute Gasteiger partial charge is 0.340 e. The lowest BCUT2D eigenvalue weighted by molar-refractivity contribution is 0.553. The molecule has 5 rings (SSSR count). The summed E-state index contributed by atoms with van der Waals surface area (Å²) in [6.45, 7) is 7.43. The molecule has 0 spiro atoms. The summed E-state index contributed by atoms with van der Waals surface area (Å²) >= 11 is 0. The number of nitrogens with two attached hydrogens (primary N) is 1. The molecule has 0 bridgehead atoms. The van der Waals surface area contributed by atoms with Gasteiger partial charge in [-0.2, -0.15) is 5.26 Å². The van der Waals surface area contributed by atoms with Crippen molar-refractivity contribution in [2.75, 3.05) is 0 Å². The number of imidazole rings is 1. The molecule has 2 aromatic heterocycles. The average molecular weight is 486 g/mol. The van der Waals surface area contributed by atoms with Gasteiger partial charge in [-0.15, -0.1) is 0 Å². The van der Waals surface area contributed by atoms with Gasteiger partial charge >= 0.3 is 0 Å². The summed E-state index contributed by atoms with van der Waals surface area (Å²) in [7, 11) is -3.76. The van der Waals surface area contributed by atoms with E-state index in [1.807, 2.05) is 57.2 Å². The fourth-order valence-electron chi connectivity index (χ4n) is 4.97. The summed E-state index contributed by atoms with van der Waals surface area (Å²) in [6, 6.07) is 13.0. The molecule has 2 aromatic carbocycles. The van der Waals surface area contributed by atoms with Gasteiger partial charge in [0.05, 0.1) is 33.7 Å². The van der Waals surface area contributed by atoms with Gasteiger partial charge < -0.3 is 10.7 Å². The maximum Gasteiger partial charge on any atom is 0.248 e. The fourth-order valence-corrected chi connectivity index (χ4v) is 6.77. The van der Waals surface area contributed by atoms with E-state index >= 15 is 0 Å². The van der Waals surface area contributed by atoms with Gasteiger partial charge in [0.1, 0.15) is 10.6 Å². The van der Waals surface area contributed by atoms with Gasteiger partial charge in [0.25, 0.3) is 0 Å². The van der Waals surface area contributed by atoms with Crippen LogP contribution in [0.4, 0.5) is 0 Å². The highest BCUT2D eigenvalue weighted by Gasteiger charge is 2.40. The Hall–Kier alpha value is -3.67.